The number of hydrogen-bond donors (Lipinski definition) is 1. The number of carbonyl (C=O) groups is 2. The van der Waals surface area contributed by atoms with Crippen molar-refractivity contribution in [2.75, 3.05) is 19.0 Å². The van der Waals surface area contributed by atoms with Gasteiger partial charge >= 0.3 is 0 Å². The number of pyridine rings is 1. The molecule has 3 heterocycles. The third kappa shape index (κ3) is 3.31. The molecule has 0 bridgehead atoms. The van der Waals surface area contributed by atoms with Crippen LogP contribution in [0.5, 0.6) is 5.88 Å². The van der Waals surface area contributed by atoms with Crippen LogP contribution in [0.15, 0.2) is 30.5 Å². The van der Waals surface area contributed by atoms with E-state index in [0.29, 0.717) is 16.4 Å². The number of rotatable bonds is 5. The molecule has 1 N–H and O–H groups in total. The smallest absolute Gasteiger partial charge is 0.265 e. The number of methoxy groups -OCH3 is 1. The number of amides is 2. The van der Waals surface area contributed by atoms with Gasteiger partial charge in [0.05, 0.1) is 18.0 Å². The fraction of sp³-hybridized carbons (Fsp3) is 0.421. The van der Waals surface area contributed by atoms with Crippen molar-refractivity contribution in [3.63, 3.8) is 0 Å². The number of carbonyl (C=O) groups excluding carboxylic acids is 2. The van der Waals surface area contributed by atoms with Crippen LogP contribution in [-0.4, -0.2) is 35.4 Å². The van der Waals surface area contributed by atoms with Crippen molar-refractivity contribution in [2.45, 2.75) is 31.7 Å². The third-order valence-corrected chi connectivity index (χ3v) is 6.04. The number of thiophene rings is 1. The summed E-state index contributed by atoms with van der Waals surface area (Å²) in [4.78, 5) is 32.9. The summed E-state index contributed by atoms with van der Waals surface area (Å²) in [5, 5.41) is 2.85. The Morgan fingerprint density at radius 1 is 1.27 bits per heavy atom. The van der Waals surface area contributed by atoms with Crippen LogP contribution in [0.4, 0.5) is 5.69 Å². The summed E-state index contributed by atoms with van der Waals surface area (Å²) in [6.07, 6.45) is 5.65. The second kappa shape index (κ2) is 7.07. The Balaban J connectivity index is 1.48. The molecule has 2 aromatic heterocycles. The summed E-state index contributed by atoms with van der Waals surface area (Å²) in [6.45, 7) is 0.826. The van der Waals surface area contributed by atoms with Gasteiger partial charge in [0.15, 0.2) is 0 Å². The zero-order valence-electron chi connectivity index (χ0n) is 14.6. The van der Waals surface area contributed by atoms with Crippen LogP contribution in [-0.2, 0) is 4.79 Å². The molecular formula is C19H21N3O3S. The van der Waals surface area contributed by atoms with Crippen molar-refractivity contribution in [3.05, 3.63) is 40.2 Å². The molecule has 2 aromatic rings. The zero-order valence-corrected chi connectivity index (χ0v) is 15.4. The number of nitrogens with one attached hydrogen (secondary N) is 1. The summed E-state index contributed by atoms with van der Waals surface area (Å²) < 4.78 is 5.17. The van der Waals surface area contributed by atoms with Crippen LogP contribution in [0.2, 0.25) is 0 Å². The lowest BCUT2D eigenvalue weighted by molar-refractivity contribution is -0.133. The zero-order chi connectivity index (χ0) is 18.1. The van der Waals surface area contributed by atoms with E-state index in [9.17, 15) is 9.59 Å². The largest absolute Gasteiger partial charge is 0.480 e. The predicted octanol–water partition coefficient (Wildman–Crippen LogP) is 3.48. The van der Waals surface area contributed by atoms with Crippen LogP contribution in [0.3, 0.4) is 0 Å². The highest BCUT2D eigenvalue weighted by Gasteiger charge is 2.39. The van der Waals surface area contributed by atoms with Crippen LogP contribution >= 0.6 is 11.3 Å². The maximum absolute atomic E-state index is 12.6. The van der Waals surface area contributed by atoms with E-state index < -0.39 is 0 Å². The van der Waals surface area contributed by atoms with Gasteiger partial charge in [0.1, 0.15) is 5.69 Å². The Hall–Kier alpha value is -2.41. The Bertz CT molecular complexity index is 831. The Kier molecular flexibility index (Phi) is 4.63. The topological polar surface area (TPSA) is 71.5 Å². The van der Waals surface area contributed by atoms with Gasteiger partial charge in [-0.25, -0.2) is 4.98 Å². The van der Waals surface area contributed by atoms with Crippen molar-refractivity contribution < 1.29 is 14.3 Å². The molecule has 0 spiro atoms. The van der Waals surface area contributed by atoms with Gasteiger partial charge in [-0.05, 0) is 49.9 Å². The first kappa shape index (κ1) is 17.0. The first-order valence-electron chi connectivity index (χ1n) is 8.88. The maximum Gasteiger partial charge on any atom is 0.265 e. The fourth-order valence-corrected chi connectivity index (χ4v) is 4.43. The van der Waals surface area contributed by atoms with Crippen molar-refractivity contribution in [1.82, 2.24) is 9.88 Å². The van der Waals surface area contributed by atoms with Gasteiger partial charge in [-0.3, -0.25) is 9.59 Å². The molecule has 136 valence electrons. The monoisotopic (exact) mass is 371 g/mol. The number of ether oxygens (including phenoxy) is 1. The molecule has 2 fully saturated rings. The Morgan fingerprint density at radius 3 is 2.88 bits per heavy atom. The molecule has 2 aliphatic rings. The van der Waals surface area contributed by atoms with Gasteiger partial charge in [0.2, 0.25) is 11.8 Å². The van der Waals surface area contributed by atoms with Gasteiger partial charge in [0.25, 0.3) is 5.91 Å². The molecule has 4 rings (SSSR count). The number of anilines is 1. The minimum absolute atomic E-state index is 0.113. The summed E-state index contributed by atoms with van der Waals surface area (Å²) in [6, 6.07) is 7.42. The average molecular weight is 371 g/mol. The third-order valence-electron chi connectivity index (χ3n) is 4.85. The number of nitrogens with zero attached hydrogens (tertiary/aromatic N) is 2. The van der Waals surface area contributed by atoms with E-state index in [1.807, 2.05) is 17.0 Å². The van der Waals surface area contributed by atoms with E-state index >= 15 is 0 Å². The lowest BCUT2D eigenvalue weighted by atomic mass is 10.2. The second-order valence-electron chi connectivity index (χ2n) is 6.68. The van der Waals surface area contributed by atoms with Crippen molar-refractivity contribution in [3.8, 4) is 5.88 Å². The molecule has 1 unspecified atom stereocenters. The van der Waals surface area contributed by atoms with Crippen LogP contribution < -0.4 is 10.1 Å². The molecule has 1 saturated heterocycles. The summed E-state index contributed by atoms with van der Waals surface area (Å²) >= 11 is 1.46. The standard InChI is InChI=1S/C19H21N3O3S/c1-25-18-13(4-2-10-20-18)21-17(23)16-9-8-15(26-16)14-5-3-11-22(14)19(24)12-6-7-12/h2,4,8-10,12,14H,3,5-7,11H2,1H3,(H,21,23). The molecule has 0 aromatic carbocycles. The minimum atomic E-state index is -0.189. The molecule has 1 saturated carbocycles. The molecule has 0 radical (unpaired) electrons. The van der Waals surface area contributed by atoms with Crippen molar-refractivity contribution in [2.24, 2.45) is 5.92 Å². The SMILES string of the molecule is COc1ncccc1NC(=O)c1ccc(C2CCCN2C(=O)C2CC2)s1. The highest BCUT2D eigenvalue weighted by molar-refractivity contribution is 7.14. The molecule has 2 amide bonds. The lowest BCUT2D eigenvalue weighted by Gasteiger charge is -2.23. The van der Waals surface area contributed by atoms with E-state index in [2.05, 4.69) is 10.3 Å². The maximum atomic E-state index is 12.6. The number of hydrogen-bond acceptors (Lipinski definition) is 5. The van der Waals surface area contributed by atoms with Crippen LogP contribution in [0.25, 0.3) is 0 Å². The quantitative estimate of drug-likeness (QED) is 0.873. The molecule has 26 heavy (non-hydrogen) atoms. The Morgan fingerprint density at radius 2 is 2.12 bits per heavy atom. The average Bonchev–Trinajstić information content (AvgIpc) is 3.19. The minimum Gasteiger partial charge on any atom is -0.480 e. The highest BCUT2D eigenvalue weighted by atomic mass is 32.1. The molecule has 1 atom stereocenters. The van der Waals surface area contributed by atoms with E-state index in [0.717, 1.165) is 37.1 Å². The van der Waals surface area contributed by atoms with Gasteiger partial charge in [-0.2, -0.15) is 0 Å². The van der Waals surface area contributed by atoms with E-state index in [1.54, 1.807) is 18.3 Å². The molecular weight excluding hydrogens is 350 g/mol. The first-order valence-corrected chi connectivity index (χ1v) is 9.69. The number of likely N-dealkylation sites (tertiary alicyclic amines) is 1. The number of aromatic nitrogens is 1. The van der Waals surface area contributed by atoms with Gasteiger partial charge < -0.3 is 15.0 Å². The van der Waals surface area contributed by atoms with E-state index in [1.165, 1.54) is 18.4 Å². The molecule has 1 aliphatic heterocycles. The fourth-order valence-electron chi connectivity index (χ4n) is 3.38. The molecule has 1 aliphatic carbocycles. The summed E-state index contributed by atoms with van der Waals surface area (Å²) in [7, 11) is 1.52. The van der Waals surface area contributed by atoms with Crippen LogP contribution in [0, 0.1) is 5.92 Å². The molecule has 7 heteroatoms. The van der Waals surface area contributed by atoms with Crippen LogP contribution in [0.1, 0.15) is 46.3 Å². The van der Waals surface area contributed by atoms with Gasteiger partial charge in [0, 0.05) is 23.5 Å². The summed E-state index contributed by atoms with van der Waals surface area (Å²) in [5.74, 6) is 0.712. The predicted molar refractivity (Wildman–Crippen MR) is 99.5 cm³/mol. The van der Waals surface area contributed by atoms with E-state index in [-0.39, 0.29) is 23.8 Å². The highest BCUT2D eigenvalue weighted by Crippen LogP contribution is 2.40. The van der Waals surface area contributed by atoms with Crippen molar-refractivity contribution in [1.29, 1.82) is 0 Å². The normalized spacial score (nSPS) is 19.4. The molecule has 6 nitrogen and oxygen atoms in total. The van der Waals surface area contributed by atoms with Gasteiger partial charge in [-0.15, -0.1) is 11.3 Å². The Labute approximate surface area is 156 Å². The summed E-state index contributed by atoms with van der Waals surface area (Å²) in [5.41, 5.74) is 0.543. The first-order chi connectivity index (χ1) is 12.7. The van der Waals surface area contributed by atoms with Crippen molar-refractivity contribution >= 4 is 28.8 Å². The lowest BCUT2D eigenvalue weighted by Crippen LogP contribution is -2.31. The second-order valence-corrected chi connectivity index (χ2v) is 7.80. The van der Waals surface area contributed by atoms with Gasteiger partial charge in [-0.1, -0.05) is 0 Å². The van der Waals surface area contributed by atoms with E-state index in [4.69, 9.17) is 4.74 Å².